The van der Waals surface area contributed by atoms with Gasteiger partial charge in [0.2, 0.25) is 11.8 Å². The third-order valence-corrected chi connectivity index (χ3v) is 4.67. The third kappa shape index (κ3) is 4.30. The van der Waals surface area contributed by atoms with Gasteiger partial charge in [-0.05, 0) is 23.3 Å². The van der Waals surface area contributed by atoms with Crippen LogP contribution in [-0.4, -0.2) is 20.9 Å². The van der Waals surface area contributed by atoms with Gasteiger partial charge in [-0.3, -0.25) is 14.9 Å². The van der Waals surface area contributed by atoms with Crippen molar-refractivity contribution in [2.75, 3.05) is 0 Å². The lowest BCUT2D eigenvalue weighted by atomic mass is 10.0. The van der Waals surface area contributed by atoms with E-state index in [1.807, 2.05) is 54.6 Å². The molecule has 0 atom stereocenters. The van der Waals surface area contributed by atoms with Crippen LogP contribution in [0.15, 0.2) is 83.3 Å². The van der Waals surface area contributed by atoms with Crippen molar-refractivity contribution in [3.8, 4) is 22.6 Å². The molecule has 7 nitrogen and oxygen atoms in total. The van der Waals surface area contributed by atoms with E-state index in [1.165, 1.54) is 12.1 Å². The number of hydrogen-bond acceptors (Lipinski definition) is 6. The molecule has 0 saturated carbocycles. The van der Waals surface area contributed by atoms with E-state index in [2.05, 4.69) is 10.2 Å². The van der Waals surface area contributed by atoms with Gasteiger partial charge in [0.15, 0.2) is 5.78 Å². The summed E-state index contributed by atoms with van der Waals surface area (Å²) >= 11 is 0. The van der Waals surface area contributed by atoms with Crippen molar-refractivity contribution < 1.29 is 14.1 Å². The summed E-state index contributed by atoms with van der Waals surface area (Å²) in [6.45, 7) is 0. The zero-order valence-corrected chi connectivity index (χ0v) is 15.9. The molecule has 0 bridgehead atoms. The molecular weight excluding hydrogens is 382 g/mol. The van der Waals surface area contributed by atoms with Gasteiger partial charge in [0, 0.05) is 36.1 Å². The Labute approximate surface area is 172 Å². The van der Waals surface area contributed by atoms with Gasteiger partial charge in [-0.25, -0.2) is 0 Å². The Morgan fingerprint density at radius 2 is 1.47 bits per heavy atom. The van der Waals surface area contributed by atoms with E-state index in [-0.39, 0.29) is 23.8 Å². The molecule has 0 aliphatic rings. The van der Waals surface area contributed by atoms with Gasteiger partial charge in [0.25, 0.3) is 5.69 Å². The van der Waals surface area contributed by atoms with E-state index in [9.17, 15) is 14.9 Å². The third-order valence-electron chi connectivity index (χ3n) is 4.67. The van der Waals surface area contributed by atoms with Crippen LogP contribution >= 0.6 is 0 Å². The second kappa shape index (κ2) is 8.48. The monoisotopic (exact) mass is 399 g/mol. The van der Waals surface area contributed by atoms with Gasteiger partial charge in [-0.1, -0.05) is 54.6 Å². The first-order chi connectivity index (χ1) is 14.6. The first-order valence-corrected chi connectivity index (χ1v) is 9.36. The molecule has 4 aromatic rings. The number of ketones is 1. The first kappa shape index (κ1) is 19.2. The maximum absolute atomic E-state index is 12.5. The molecule has 30 heavy (non-hydrogen) atoms. The van der Waals surface area contributed by atoms with Gasteiger partial charge in [0.1, 0.15) is 0 Å². The van der Waals surface area contributed by atoms with Crippen LogP contribution in [0, 0.1) is 10.1 Å². The van der Waals surface area contributed by atoms with Crippen LogP contribution in [-0.2, 0) is 6.42 Å². The molecule has 1 heterocycles. The standard InChI is InChI=1S/C23H17N3O4/c27-21(18-8-6-17(7-9-18)16-4-2-1-3-5-16)14-15-22-24-25-23(30-22)19-10-12-20(13-11-19)26(28)29/h1-13H,14-15H2. The minimum atomic E-state index is -0.471. The number of rotatable bonds is 7. The van der Waals surface area contributed by atoms with Gasteiger partial charge in [-0.15, -0.1) is 10.2 Å². The highest BCUT2D eigenvalue weighted by Gasteiger charge is 2.13. The van der Waals surface area contributed by atoms with Crippen LogP contribution < -0.4 is 0 Å². The Morgan fingerprint density at radius 1 is 0.833 bits per heavy atom. The molecule has 0 fully saturated rings. The molecule has 0 N–H and O–H groups in total. The summed E-state index contributed by atoms with van der Waals surface area (Å²) in [5.41, 5.74) is 3.35. The fourth-order valence-corrected chi connectivity index (χ4v) is 3.04. The van der Waals surface area contributed by atoms with Crippen molar-refractivity contribution in [3.63, 3.8) is 0 Å². The van der Waals surface area contributed by atoms with Gasteiger partial charge in [-0.2, -0.15) is 0 Å². The smallest absolute Gasteiger partial charge is 0.269 e. The molecule has 0 aliphatic carbocycles. The molecular formula is C23H17N3O4. The van der Waals surface area contributed by atoms with Crippen molar-refractivity contribution in [2.45, 2.75) is 12.8 Å². The average molecular weight is 399 g/mol. The number of aryl methyl sites for hydroxylation is 1. The SMILES string of the molecule is O=C(CCc1nnc(-c2ccc([N+](=O)[O-])cc2)o1)c1ccc(-c2ccccc2)cc1. The predicted molar refractivity (Wildman–Crippen MR) is 111 cm³/mol. The molecule has 0 aliphatic heterocycles. The summed E-state index contributed by atoms with van der Waals surface area (Å²) in [5, 5.41) is 18.7. The Balaban J connectivity index is 1.38. The number of nitrogens with zero attached hydrogens (tertiary/aromatic N) is 3. The number of carbonyl (C=O) groups is 1. The fourth-order valence-electron chi connectivity index (χ4n) is 3.04. The van der Waals surface area contributed by atoms with E-state index >= 15 is 0 Å². The Bertz CT molecular complexity index is 1170. The zero-order chi connectivity index (χ0) is 20.9. The molecule has 3 aromatic carbocycles. The minimum absolute atomic E-state index is 0.00954. The van der Waals surface area contributed by atoms with Gasteiger partial charge in [0.05, 0.1) is 4.92 Å². The number of aromatic nitrogens is 2. The van der Waals surface area contributed by atoms with Crippen LogP contribution in [0.25, 0.3) is 22.6 Å². The lowest BCUT2D eigenvalue weighted by molar-refractivity contribution is -0.384. The molecule has 0 unspecified atom stereocenters. The summed E-state index contributed by atoms with van der Waals surface area (Å²) in [4.78, 5) is 22.8. The fraction of sp³-hybridized carbons (Fsp3) is 0.0870. The summed E-state index contributed by atoms with van der Waals surface area (Å²) in [5.74, 6) is 0.599. The van der Waals surface area contributed by atoms with Crippen LogP contribution in [0.1, 0.15) is 22.7 Å². The van der Waals surface area contributed by atoms with Crippen LogP contribution in [0.3, 0.4) is 0 Å². The highest BCUT2D eigenvalue weighted by molar-refractivity contribution is 5.96. The quantitative estimate of drug-likeness (QED) is 0.243. The van der Waals surface area contributed by atoms with Crippen molar-refractivity contribution in [1.82, 2.24) is 10.2 Å². The number of nitro benzene ring substituents is 1. The van der Waals surface area contributed by atoms with E-state index < -0.39 is 4.92 Å². The van der Waals surface area contributed by atoms with Crippen LogP contribution in [0.2, 0.25) is 0 Å². The number of hydrogen-bond donors (Lipinski definition) is 0. The molecule has 0 amide bonds. The van der Waals surface area contributed by atoms with E-state index in [1.54, 1.807) is 12.1 Å². The molecule has 4 rings (SSSR count). The maximum Gasteiger partial charge on any atom is 0.269 e. The largest absolute Gasteiger partial charge is 0.421 e. The summed E-state index contributed by atoms with van der Waals surface area (Å²) in [7, 11) is 0. The number of non-ortho nitro benzene ring substituents is 1. The molecule has 7 heteroatoms. The first-order valence-electron chi connectivity index (χ1n) is 9.36. The lowest BCUT2D eigenvalue weighted by Crippen LogP contribution is -2.01. The van der Waals surface area contributed by atoms with Crippen molar-refractivity contribution >= 4 is 11.5 Å². The zero-order valence-electron chi connectivity index (χ0n) is 15.9. The second-order valence-electron chi connectivity index (χ2n) is 6.67. The summed E-state index contributed by atoms with van der Waals surface area (Å²) in [6.07, 6.45) is 0.561. The number of carbonyl (C=O) groups excluding carboxylic acids is 1. The Hall–Kier alpha value is -4.13. The van der Waals surface area contributed by atoms with Crippen LogP contribution in [0.4, 0.5) is 5.69 Å². The Morgan fingerprint density at radius 3 is 2.13 bits per heavy atom. The predicted octanol–water partition coefficient (Wildman–Crippen LogP) is 5.13. The number of Topliss-reactive ketones (excluding diaryl/α,β-unsaturated/α-hetero) is 1. The van der Waals surface area contributed by atoms with Gasteiger partial charge >= 0.3 is 0 Å². The molecule has 1 aromatic heterocycles. The normalized spacial score (nSPS) is 10.7. The molecule has 148 valence electrons. The van der Waals surface area contributed by atoms with E-state index in [0.29, 0.717) is 23.4 Å². The lowest BCUT2D eigenvalue weighted by Gasteiger charge is -2.03. The Kier molecular flexibility index (Phi) is 5.43. The summed E-state index contributed by atoms with van der Waals surface area (Å²) < 4.78 is 5.59. The minimum Gasteiger partial charge on any atom is -0.421 e. The molecule has 0 spiro atoms. The average Bonchev–Trinajstić information content (AvgIpc) is 3.27. The number of nitro groups is 1. The van der Waals surface area contributed by atoms with Crippen molar-refractivity contribution in [1.29, 1.82) is 0 Å². The highest BCUT2D eigenvalue weighted by Crippen LogP contribution is 2.22. The highest BCUT2D eigenvalue weighted by atomic mass is 16.6. The van der Waals surface area contributed by atoms with Gasteiger partial charge < -0.3 is 4.42 Å². The molecule has 0 radical (unpaired) electrons. The van der Waals surface area contributed by atoms with Crippen molar-refractivity contribution in [3.05, 3.63) is 100 Å². The van der Waals surface area contributed by atoms with E-state index in [4.69, 9.17) is 4.42 Å². The maximum atomic E-state index is 12.5. The molecule has 0 saturated heterocycles. The van der Waals surface area contributed by atoms with Crippen LogP contribution in [0.5, 0.6) is 0 Å². The topological polar surface area (TPSA) is 99.1 Å². The second-order valence-corrected chi connectivity index (χ2v) is 6.67. The van der Waals surface area contributed by atoms with Crippen molar-refractivity contribution in [2.24, 2.45) is 0 Å². The summed E-state index contributed by atoms with van der Waals surface area (Å²) in [6, 6.07) is 23.3. The number of benzene rings is 3. The van der Waals surface area contributed by atoms with E-state index in [0.717, 1.165) is 11.1 Å².